The molecular formula is C58H39N. The van der Waals surface area contributed by atoms with Gasteiger partial charge in [0.15, 0.2) is 0 Å². The first-order chi connectivity index (χ1) is 28.9. The van der Waals surface area contributed by atoms with Crippen LogP contribution in [-0.4, -0.2) is 4.57 Å². The zero-order valence-electron chi connectivity index (χ0n) is 33.5. The van der Waals surface area contributed by atoms with Crippen molar-refractivity contribution in [3.63, 3.8) is 0 Å². The van der Waals surface area contributed by atoms with Gasteiger partial charge in [-0.3, -0.25) is 0 Å². The molecule has 1 aromatic heterocycles. The van der Waals surface area contributed by atoms with Gasteiger partial charge < -0.3 is 4.57 Å². The average Bonchev–Trinajstić information content (AvgIpc) is 3.57. The molecule has 0 radical (unpaired) electrons. The second-order valence-electron chi connectivity index (χ2n) is 17.1. The Hall–Kier alpha value is -7.22. The number of aromatic nitrogens is 1. The molecule has 0 amide bonds. The maximum atomic E-state index is 2.48. The van der Waals surface area contributed by atoms with E-state index in [1.165, 1.54) is 142 Å². The van der Waals surface area contributed by atoms with Gasteiger partial charge >= 0.3 is 0 Å². The van der Waals surface area contributed by atoms with Crippen LogP contribution in [0.25, 0.3) is 125 Å². The van der Waals surface area contributed by atoms with Gasteiger partial charge in [-0.15, -0.1) is 0 Å². The summed E-state index contributed by atoms with van der Waals surface area (Å²) < 4.78 is 2.48. The van der Waals surface area contributed by atoms with Crippen molar-refractivity contribution in [3.05, 3.63) is 186 Å². The van der Waals surface area contributed by atoms with Crippen molar-refractivity contribution in [1.29, 1.82) is 0 Å². The highest BCUT2D eigenvalue weighted by molar-refractivity contribution is 6.27. The number of nitrogens with zero attached hydrogens (tertiary/aromatic N) is 1. The molecule has 0 unspecified atom stereocenters. The van der Waals surface area contributed by atoms with Crippen LogP contribution in [0, 0.1) is 27.7 Å². The second kappa shape index (κ2) is 11.7. The number of hydrogen-bond donors (Lipinski definition) is 0. The van der Waals surface area contributed by atoms with E-state index in [9.17, 15) is 0 Å². The van der Waals surface area contributed by atoms with Gasteiger partial charge in [-0.2, -0.15) is 0 Å². The van der Waals surface area contributed by atoms with E-state index in [0.717, 1.165) is 5.69 Å². The molecule has 1 heteroatoms. The molecule has 0 aliphatic rings. The molecule has 0 aliphatic heterocycles. The van der Waals surface area contributed by atoms with E-state index in [-0.39, 0.29) is 0 Å². The number of hydrogen-bond acceptors (Lipinski definition) is 0. The molecule has 12 aromatic carbocycles. The van der Waals surface area contributed by atoms with Crippen molar-refractivity contribution in [2.45, 2.75) is 27.7 Å². The largest absolute Gasteiger partial charge is 0.309 e. The molecule has 0 aliphatic carbocycles. The van der Waals surface area contributed by atoms with Crippen LogP contribution < -0.4 is 0 Å². The van der Waals surface area contributed by atoms with Crippen LogP contribution in [0.5, 0.6) is 0 Å². The van der Waals surface area contributed by atoms with E-state index < -0.39 is 0 Å². The van der Waals surface area contributed by atoms with Crippen molar-refractivity contribution >= 4 is 97.2 Å². The SMILES string of the molecule is Cc1cc(C)c2ccc3cc(-c4ccc5c6cc7cccc(-c8cc9ccc%10c(C)cc(C)c%11ccc(c8)c9c%10%11)c7cc6n(-c6ccccc6)c5c4)cc4ccc1c2c43. The fourth-order valence-corrected chi connectivity index (χ4v) is 11.0. The van der Waals surface area contributed by atoms with Gasteiger partial charge in [0, 0.05) is 16.5 Å². The van der Waals surface area contributed by atoms with E-state index >= 15 is 0 Å². The smallest absolute Gasteiger partial charge is 0.0547 e. The highest BCUT2D eigenvalue weighted by Crippen LogP contribution is 2.44. The standard InChI is InChI=1S/C58H39N/c1-32-23-33(2)46-19-15-39-26-42(25-38-14-18-45(32)57(46)55(38)39)36-13-22-50-52-29-37-9-8-12-49(51(37)31-54(52)59(53(50)30-36)44-10-6-5-7-11-44)43-27-40-16-20-47-34(3)24-35(4)48-21-17-41(28-43)56(40)58(47)48/h5-31H,1-4H3. The Morgan fingerprint density at radius 3 is 1.36 bits per heavy atom. The monoisotopic (exact) mass is 749 g/mol. The zero-order valence-corrected chi connectivity index (χ0v) is 33.5. The lowest BCUT2D eigenvalue weighted by Crippen LogP contribution is -1.94. The van der Waals surface area contributed by atoms with Crippen LogP contribution in [-0.2, 0) is 0 Å². The van der Waals surface area contributed by atoms with Crippen molar-refractivity contribution in [3.8, 4) is 27.9 Å². The third-order valence-electron chi connectivity index (χ3n) is 13.7. The van der Waals surface area contributed by atoms with Crippen LogP contribution in [0.3, 0.4) is 0 Å². The molecule has 0 spiro atoms. The number of para-hydroxylation sites is 1. The lowest BCUT2D eigenvalue weighted by Gasteiger charge is -2.16. The van der Waals surface area contributed by atoms with Crippen LogP contribution in [0.1, 0.15) is 22.3 Å². The Bertz CT molecular complexity index is 3780. The first-order valence-electron chi connectivity index (χ1n) is 20.8. The molecule has 1 heterocycles. The highest BCUT2D eigenvalue weighted by Gasteiger charge is 2.19. The van der Waals surface area contributed by atoms with Crippen molar-refractivity contribution in [2.75, 3.05) is 0 Å². The Morgan fingerprint density at radius 2 is 0.797 bits per heavy atom. The highest BCUT2D eigenvalue weighted by atomic mass is 15.0. The summed E-state index contributed by atoms with van der Waals surface area (Å²) in [6.45, 7) is 8.96. The number of benzene rings is 12. The van der Waals surface area contributed by atoms with E-state index in [1.54, 1.807) is 0 Å². The van der Waals surface area contributed by atoms with Crippen LogP contribution in [0.15, 0.2) is 164 Å². The minimum atomic E-state index is 1.16. The molecule has 13 aromatic rings. The van der Waals surface area contributed by atoms with E-state index in [2.05, 4.69) is 196 Å². The molecule has 0 fully saturated rings. The van der Waals surface area contributed by atoms with Gasteiger partial charge in [0.25, 0.3) is 0 Å². The molecule has 0 N–H and O–H groups in total. The van der Waals surface area contributed by atoms with E-state index in [1.807, 2.05) is 0 Å². The topological polar surface area (TPSA) is 4.93 Å². The summed E-state index contributed by atoms with van der Waals surface area (Å²) in [4.78, 5) is 0. The summed E-state index contributed by atoms with van der Waals surface area (Å²) in [6.07, 6.45) is 0. The third kappa shape index (κ3) is 4.50. The Morgan fingerprint density at radius 1 is 0.288 bits per heavy atom. The Balaban J connectivity index is 1.04. The molecule has 0 saturated heterocycles. The Kier molecular flexibility index (Phi) is 6.50. The zero-order chi connectivity index (χ0) is 39.3. The number of aryl methyl sites for hydroxylation is 4. The maximum absolute atomic E-state index is 2.48. The summed E-state index contributed by atoms with van der Waals surface area (Å²) in [5.74, 6) is 0. The van der Waals surface area contributed by atoms with Crippen molar-refractivity contribution in [1.82, 2.24) is 4.57 Å². The third-order valence-corrected chi connectivity index (χ3v) is 13.7. The molecule has 1 nitrogen and oxygen atoms in total. The Labute approximate surface area is 342 Å². The summed E-state index contributed by atoms with van der Waals surface area (Å²) >= 11 is 0. The molecular weight excluding hydrogens is 711 g/mol. The predicted molar refractivity (Wildman–Crippen MR) is 256 cm³/mol. The summed E-state index contributed by atoms with van der Waals surface area (Å²) in [6, 6.07) is 62.5. The van der Waals surface area contributed by atoms with Crippen molar-refractivity contribution < 1.29 is 0 Å². The maximum Gasteiger partial charge on any atom is 0.0547 e. The van der Waals surface area contributed by atoms with Gasteiger partial charge in [0.2, 0.25) is 0 Å². The van der Waals surface area contributed by atoms with Crippen molar-refractivity contribution in [2.24, 2.45) is 0 Å². The van der Waals surface area contributed by atoms with E-state index in [0.29, 0.717) is 0 Å². The lowest BCUT2D eigenvalue weighted by atomic mass is 9.87. The van der Waals surface area contributed by atoms with E-state index in [4.69, 9.17) is 0 Å². The van der Waals surface area contributed by atoms with Crippen LogP contribution in [0.2, 0.25) is 0 Å². The molecule has 59 heavy (non-hydrogen) atoms. The average molecular weight is 750 g/mol. The number of rotatable bonds is 3. The fourth-order valence-electron chi connectivity index (χ4n) is 11.0. The molecule has 0 saturated carbocycles. The predicted octanol–water partition coefficient (Wildman–Crippen LogP) is 16.3. The molecule has 0 atom stereocenters. The quantitative estimate of drug-likeness (QED) is 0.159. The molecule has 0 bridgehead atoms. The van der Waals surface area contributed by atoms with Gasteiger partial charge in [0.1, 0.15) is 0 Å². The van der Waals surface area contributed by atoms with Gasteiger partial charge in [-0.1, -0.05) is 109 Å². The fraction of sp³-hybridized carbons (Fsp3) is 0.0690. The second-order valence-corrected chi connectivity index (χ2v) is 17.1. The van der Waals surface area contributed by atoms with Gasteiger partial charge in [-0.25, -0.2) is 0 Å². The minimum Gasteiger partial charge on any atom is -0.309 e. The number of fused-ring (bicyclic) bond motifs is 4. The lowest BCUT2D eigenvalue weighted by molar-refractivity contribution is 1.18. The minimum absolute atomic E-state index is 1.16. The van der Waals surface area contributed by atoms with Crippen LogP contribution >= 0.6 is 0 Å². The molecule has 13 rings (SSSR count). The van der Waals surface area contributed by atoms with Crippen LogP contribution in [0.4, 0.5) is 0 Å². The molecule has 276 valence electrons. The first-order valence-corrected chi connectivity index (χ1v) is 20.8. The van der Waals surface area contributed by atoms with Gasteiger partial charge in [-0.05, 0) is 202 Å². The summed E-state index contributed by atoms with van der Waals surface area (Å²) in [5, 5.41) is 21.1. The first kappa shape index (κ1) is 32.8. The normalized spacial score (nSPS) is 12.4. The summed E-state index contributed by atoms with van der Waals surface area (Å²) in [5.41, 5.74) is 13.9. The summed E-state index contributed by atoms with van der Waals surface area (Å²) in [7, 11) is 0. The van der Waals surface area contributed by atoms with Gasteiger partial charge in [0.05, 0.1) is 11.0 Å².